The summed E-state index contributed by atoms with van der Waals surface area (Å²) in [6.45, 7) is 14.2. The highest BCUT2D eigenvalue weighted by Crippen LogP contribution is 2.35. The minimum Gasteiger partial charge on any atom is -0.386 e. The molecule has 0 saturated carbocycles. The number of nitrogens with one attached hydrogen (secondary N) is 3. The largest absolute Gasteiger partial charge is 0.386 e. The molecule has 2 aliphatic heterocycles. The topological polar surface area (TPSA) is 119 Å². The van der Waals surface area contributed by atoms with Gasteiger partial charge in [0.2, 0.25) is 0 Å². The Bertz CT molecular complexity index is 2070. The molecule has 0 atom stereocenters. The number of hydrogen-bond donors (Lipinski definition) is 4. The maximum absolute atomic E-state index is 15.1. The molecule has 1 amide bonds. The number of anilines is 1. The van der Waals surface area contributed by atoms with Gasteiger partial charge in [-0.15, -0.1) is 0 Å². The third kappa shape index (κ3) is 8.63. The van der Waals surface area contributed by atoms with Gasteiger partial charge in [0, 0.05) is 74.7 Å². The molecule has 0 unspecified atom stereocenters. The minimum absolute atomic E-state index is 0.188. The van der Waals surface area contributed by atoms with E-state index in [2.05, 4.69) is 47.5 Å². The SMILES string of the molecule is Cc1c(NC(=O)c2ccc(C(C)(C)O)cc2F)cc(F)cc1-c1ncnc2[nH]c(-c3ccc(COC4CCN(CCN5CCNCC5)CC4)cc3)cc12. The molecule has 0 radical (unpaired) electrons. The first kappa shape index (κ1) is 36.8. The van der Waals surface area contributed by atoms with E-state index in [-0.39, 0.29) is 17.4 Å². The molecule has 53 heavy (non-hydrogen) atoms. The van der Waals surface area contributed by atoms with Crippen molar-refractivity contribution in [3.8, 4) is 22.5 Å². The Labute approximate surface area is 308 Å². The van der Waals surface area contributed by atoms with Gasteiger partial charge in [-0.25, -0.2) is 18.7 Å². The van der Waals surface area contributed by atoms with Crippen LogP contribution in [-0.4, -0.2) is 94.2 Å². The number of H-pyrrole nitrogens is 1. The predicted molar refractivity (Wildman–Crippen MR) is 203 cm³/mol. The molecule has 3 aromatic carbocycles. The van der Waals surface area contributed by atoms with Gasteiger partial charge in [-0.05, 0) is 86.2 Å². The van der Waals surface area contributed by atoms with Crippen molar-refractivity contribution in [3.63, 3.8) is 0 Å². The smallest absolute Gasteiger partial charge is 0.258 e. The van der Waals surface area contributed by atoms with E-state index in [4.69, 9.17) is 4.74 Å². The highest BCUT2D eigenvalue weighted by molar-refractivity contribution is 6.06. The maximum atomic E-state index is 15.1. The average Bonchev–Trinajstić information content (AvgIpc) is 3.60. The van der Waals surface area contributed by atoms with Gasteiger partial charge in [-0.3, -0.25) is 9.69 Å². The number of ether oxygens (including phenoxy) is 1. The number of likely N-dealkylation sites (tertiary alicyclic amines) is 1. The van der Waals surface area contributed by atoms with Gasteiger partial charge < -0.3 is 30.4 Å². The molecular formula is C41H47F2N7O3. The van der Waals surface area contributed by atoms with Crippen molar-refractivity contribution in [2.45, 2.75) is 51.9 Å². The van der Waals surface area contributed by atoms with Crippen LogP contribution in [0.2, 0.25) is 0 Å². The van der Waals surface area contributed by atoms with E-state index in [0.29, 0.717) is 40.0 Å². The molecule has 0 aliphatic carbocycles. The second kappa shape index (κ2) is 15.8. The van der Waals surface area contributed by atoms with E-state index in [9.17, 15) is 14.3 Å². The number of fused-ring (bicyclic) bond motifs is 1. The first-order chi connectivity index (χ1) is 25.5. The lowest BCUT2D eigenvalue weighted by Crippen LogP contribution is -2.47. The molecule has 12 heteroatoms. The first-order valence-electron chi connectivity index (χ1n) is 18.4. The van der Waals surface area contributed by atoms with Gasteiger partial charge in [0.05, 0.1) is 29.6 Å². The number of carbonyl (C=O) groups excluding carboxylic acids is 1. The van der Waals surface area contributed by atoms with Gasteiger partial charge >= 0.3 is 0 Å². The summed E-state index contributed by atoms with van der Waals surface area (Å²) in [4.78, 5) is 30.5. The Morgan fingerprint density at radius 3 is 2.38 bits per heavy atom. The van der Waals surface area contributed by atoms with Crippen LogP contribution in [0.4, 0.5) is 14.5 Å². The molecule has 10 nitrogen and oxygen atoms in total. The standard InChI is InChI=1S/C41H47F2N7O3/c1-26-33(21-30(42)22-36(26)48-40(51)32-9-8-29(20-35(32)43)41(2,3)52)38-34-23-37(47-39(34)46-25-45-38)28-6-4-27(5-7-28)24-53-31-10-14-49(15-11-31)18-19-50-16-12-44-13-17-50/h4-9,20-23,25,31,44,52H,10-19,24H2,1-3H3,(H,48,51)(H,45,46,47). The second-order valence-electron chi connectivity index (χ2n) is 14.6. The summed E-state index contributed by atoms with van der Waals surface area (Å²) >= 11 is 0. The van der Waals surface area contributed by atoms with Crippen molar-refractivity contribution in [3.05, 3.63) is 101 Å². The van der Waals surface area contributed by atoms with Crippen LogP contribution in [0.15, 0.2) is 67.0 Å². The van der Waals surface area contributed by atoms with Gasteiger partial charge in [-0.1, -0.05) is 30.3 Å². The van der Waals surface area contributed by atoms with Crippen LogP contribution in [0.25, 0.3) is 33.5 Å². The molecule has 4 heterocycles. The molecule has 4 N–H and O–H groups in total. The Morgan fingerprint density at radius 1 is 0.962 bits per heavy atom. The molecule has 2 aromatic heterocycles. The number of piperazine rings is 1. The number of aromatic nitrogens is 3. The minimum atomic E-state index is -1.27. The van der Waals surface area contributed by atoms with Crippen LogP contribution in [0.5, 0.6) is 0 Å². The van der Waals surface area contributed by atoms with Crippen LogP contribution < -0.4 is 10.6 Å². The zero-order valence-electron chi connectivity index (χ0n) is 30.5. The molecule has 0 bridgehead atoms. The van der Waals surface area contributed by atoms with Crippen molar-refractivity contribution < 1.29 is 23.4 Å². The third-order valence-electron chi connectivity index (χ3n) is 10.4. The molecular weight excluding hydrogens is 676 g/mol. The molecule has 5 aromatic rings. The molecule has 2 fully saturated rings. The number of rotatable bonds is 11. The summed E-state index contributed by atoms with van der Waals surface area (Å²) in [6.07, 6.45) is 3.78. The van der Waals surface area contributed by atoms with Crippen molar-refractivity contribution in [2.75, 3.05) is 57.7 Å². The number of carbonyl (C=O) groups is 1. The van der Waals surface area contributed by atoms with Gasteiger partial charge in [0.15, 0.2) is 0 Å². The van der Waals surface area contributed by atoms with E-state index in [0.717, 1.165) is 88.1 Å². The summed E-state index contributed by atoms with van der Waals surface area (Å²) in [5.74, 6) is -2.12. The van der Waals surface area contributed by atoms with E-state index in [1.165, 1.54) is 44.4 Å². The van der Waals surface area contributed by atoms with Crippen molar-refractivity contribution in [1.82, 2.24) is 30.1 Å². The van der Waals surface area contributed by atoms with Crippen molar-refractivity contribution in [2.24, 2.45) is 0 Å². The number of aliphatic hydroxyl groups is 1. The zero-order valence-corrected chi connectivity index (χ0v) is 30.5. The molecule has 278 valence electrons. The number of benzene rings is 3. The first-order valence-corrected chi connectivity index (χ1v) is 18.4. The number of halogens is 2. The molecule has 2 saturated heterocycles. The van der Waals surface area contributed by atoms with E-state index in [1.807, 2.05) is 18.2 Å². The lowest BCUT2D eigenvalue weighted by atomic mass is 9.96. The van der Waals surface area contributed by atoms with Crippen LogP contribution in [0.1, 0.15) is 53.7 Å². The lowest BCUT2D eigenvalue weighted by molar-refractivity contribution is -0.00393. The van der Waals surface area contributed by atoms with Crippen LogP contribution in [-0.2, 0) is 16.9 Å². The number of hydrogen-bond acceptors (Lipinski definition) is 8. The van der Waals surface area contributed by atoms with Crippen molar-refractivity contribution >= 4 is 22.6 Å². The van der Waals surface area contributed by atoms with Crippen LogP contribution in [0, 0.1) is 18.6 Å². The van der Waals surface area contributed by atoms with E-state index >= 15 is 4.39 Å². The van der Waals surface area contributed by atoms with Crippen LogP contribution >= 0.6 is 0 Å². The molecule has 2 aliphatic rings. The molecule has 7 rings (SSSR count). The zero-order chi connectivity index (χ0) is 37.1. The molecule has 0 spiro atoms. The van der Waals surface area contributed by atoms with E-state index < -0.39 is 23.1 Å². The predicted octanol–water partition coefficient (Wildman–Crippen LogP) is 6.24. The highest BCUT2D eigenvalue weighted by atomic mass is 19.1. The monoisotopic (exact) mass is 723 g/mol. The number of amides is 1. The summed E-state index contributed by atoms with van der Waals surface area (Å²) in [5.41, 5.74) is 4.01. The van der Waals surface area contributed by atoms with Gasteiger partial charge in [0.1, 0.15) is 23.6 Å². The Kier molecular flexibility index (Phi) is 11.0. The lowest BCUT2D eigenvalue weighted by Gasteiger charge is -2.34. The van der Waals surface area contributed by atoms with E-state index in [1.54, 1.807) is 6.92 Å². The number of piperidine rings is 1. The Balaban J connectivity index is 1.00. The van der Waals surface area contributed by atoms with Crippen molar-refractivity contribution in [1.29, 1.82) is 0 Å². The maximum Gasteiger partial charge on any atom is 0.258 e. The fourth-order valence-electron chi connectivity index (χ4n) is 7.15. The number of aromatic amines is 1. The second-order valence-corrected chi connectivity index (χ2v) is 14.6. The quantitative estimate of drug-likeness (QED) is 0.127. The number of nitrogens with zero attached hydrogens (tertiary/aromatic N) is 4. The summed E-state index contributed by atoms with van der Waals surface area (Å²) < 4.78 is 36.3. The van der Waals surface area contributed by atoms with Crippen LogP contribution in [0.3, 0.4) is 0 Å². The fourth-order valence-corrected chi connectivity index (χ4v) is 7.15. The summed E-state index contributed by atoms with van der Waals surface area (Å²) in [7, 11) is 0. The Hall–Kier alpha value is -4.59. The normalized spacial score (nSPS) is 16.3. The van der Waals surface area contributed by atoms with Gasteiger partial charge in [0.25, 0.3) is 5.91 Å². The summed E-state index contributed by atoms with van der Waals surface area (Å²) in [5, 5.41) is 17.0. The van der Waals surface area contributed by atoms with Gasteiger partial charge in [-0.2, -0.15) is 0 Å². The highest BCUT2D eigenvalue weighted by Gasteiger charge is 2.23. The Morgan fingerprint density at radius 2 is 1.68 bits per heavy atom. The average molecular weight is 724 g/mol. The third-order valence-corrected chi connectivity index (χ3v) is 10.4. The summed E-state index contributed by atoms with van der Waals surface area (Å²) in [6, 6.07) is 16.7. The fraction of sp³-hybridized carbons (Fsp3) is 0.390.